The summed E-state index contributed by atoms with van der Waals surface area (Å²) in [6.07, 6.45) is 0.618. The highest BCUT2D eigenvalue weighted by Crippen LogP contribution is 2.41. The number of anilines is 1. The van der Waals surface area contributed by atoms with E-state index >= 15 is 0 Å². The summed E-state index contributed by atoms with van der Waals surface area (Å²) in [5.41, 5.74) is 1.32. The van der Waals surface area contributed by atoms with Gasteiger partial charge in [-0.15, -0.1) is 0 Å². The van der Waals surface area contributed by atoms with Gasteiger partial charge in [0.25, 0.3) is 5.91 Å². The first-order valence-electron chi connectivity index (χ1n) is 9.41. The number of nitrogens with one attached hydrogen (secondary N) is 2. The predicted molar refractivity (Wildman–Crippen MR) is 112 cm³/mol. The van der Waals surface area contributed by atoms with Crippen molar-refractivity contribution in [3.63, 3.8) is 0 Å². The predicted octanol–water partition coefficient (Wildman–Crippen LogP) is 3.49. The molecule has 2 aromatic carbocycles. The molecule has 1 atom stereocenters. The van der Waals surface area contributed by atoms with E-state index in [-0.39, 0.29) is 17.7 Å². The molecule has 8 heteroatoms. The van der Waals surface area contributed by atoms with E-state index in [0.717, 1.165) is 5.56 Å². The maximum absolute atomic E-state index is 12.8. The van der Waals surface area contributed by atoms with E-state index in [4.69, 9.17) is 9.47 Å². The van der Waals surface area contributed by atoms with Gasteiger partial charge in [-0.25, -0.2) is 8.42 Å². The van der Waals surface area contributed by atoms with E-state index in [1.54, 1.807) is 38.3 Å². The molecule has 7 nitrogen and oxygen atoms in total. The summed E-state index contributed by atoms with van der Waals surface area (Å²) in [6, 6.07) is 11.7. The highest BCUT2D eigenvalue weighted by molar-refractivity contribution is 7.92. The maximum atomic E-state index is 12.8. The summed E-state index contributed by atoms with van der Waals surface area (Å²) in [6.45, 7) is 5.51. The van der Waals surface area contributed by atoms with Crippen LogP contribution in [-0.4, -0.2) is 32.8 Å². The third-order valence-corrected chi connectivity index (χ3v) is 6.09. The molecule has 0 spiro atoms. The van der Waals surface area contributed by atoms with Crippen LogP contribution < -0.4 is 19.5 Å². The number of carbonyl (C=O) groups excluding carboxylic acids is 1. The second-order valence-corrected chi connectivity index (χ2v) is 9.59. The molecule has 1 amide bonds. The third kappa shape index (κ3) is 5.00. The Kier molecular flexibility index (Phi) is 5.75. The first-order valence-corrected chi connectivity index (χ1v) is 11.1. The fraction of sp³-hybridized carbons (Fsp3) is 0.381. The molecule has 0 saturated heterocycles. The summed E-state index contributed by atoms with van der Waals surface area (Å²) in [7, 11) is -1.76. The van der Waals surface area contributed by atoms with Crippen LogP contribution in [0.5, 0.6) is 11.5 Å². The minimum atomic E-state index is -3.36. The zero-order valence-corrected chi connectivity index (χ0v) is 17.8. The molecule has 0 saturated carbocycles. The quantitative estimate of drug-likeness (QED) is 0.749. The van der Waals surface area contributed by atoms with Crippen LogP contribution in [0.25, 0.3) is 0 Å². The molecule has 1 aliphatic heterocycles. The van der Waals surface area contributed by atoms with Crippen molar-refractivity contribution >= 4 is 21.6 Å². The van der Waals surface area contributed by atoms with Gasteiger partial charge in [0, 0.05) is 29.3 Å². The Morgan fingerprint density at radius 1 is 1.21 bits per heavy atom. The van der Waals surface area contributed by atoms with Crippen molar-refractivity contribution in [1.82, 2.24) is 5.32 Å². The summed E-state index contributed by atoms with van der Waals surface area (Å²) < 4.78 is 37.1. The first-order chi connectivity index (χ1) is 13.6. The summed E-state index contributed by atoms with van der Waals surface area (Å²) in [5, 5.41) is 3.06. The van der Waals surface area contributed by atoms with Crippen molar-refractivity contribution in [3.05, 3.63) is 53.6 Å². The van der Waals surface area contributed by atoms with Gasteiger partial charge in [-0.3, -0.25) is 9.52 Å². The molecule has 0 fully saturated rings. The Labute approximate surface area is 171 Å². The Morgan fingerprint density at radius 2 is 1.90 bits per heavy atom. The van der Waals surface area contributed by atoms with Crippen molar-refractivity contribution in [2.75, 3.05) is 17.6 Å². The number of fused-ring (bicyclic) bond motifs is 1. The number of amides is 1. The largest absolute Gasteiger partial charge is 0.497 e. The van der Waals surface area contributed by atoms with Crippen LogP contribution in [0.2, 0.25) is 0 Å². The van der Waals surface area contributed by atoms with Gasteiger partial charge in [0.15, 0.2) is 0 Å². The molecular weight excluding hydrogens is 392 g/mol. The molecule has 0 radical (unpaired) electrons. The number of carbonyl (C=O) groups is 1. The normalized spacial score (nSPS) is 17.6. The lowest BCUT2D eigenvalue weighted by molar-refractivity contribution is 0.0617. The van der Waals surface area contributed by atoms with Gasteiger partial charge in [0.1, 0.15) is 17.1 Å². The third-order valence-electron chi connectivity index (χ3n) is 4.78. The van der Waals surface area contributed by atoms with Crippen LogP contribution in [0.1, 0.15) is 49.2 Å². The van der Waals surface area contributed by atoms with Crippen molar-refractivity contribution < 1.29 is 22.7 Å². The molecular formula is C21H26N2O5S. The Hall–Kier alpha value is -2.74. The molecule has 2 aromatic rings. The van der Waals surface area contributed by atoms with Gasteiger partial charge < -0.3 is 14.8 Å². The molecule has 0 aromatic heterocycles. The fourth-order valence-corrected chi connectivity index (χ4v) is 3.91. The minimum Gasteiger partial charge on any atom is -0.497 e. The molecule has 0 bridgehead atoms. The summed E-state index contributed by atoms with van der Waals surface area (Å²) in [5.74, 6) is 1.13. The second kappa shape index (κ2) is 7.94. The van der Waals surface area contributed by atoms with Gasteiger partial charge in [0.2, 0.25) is 10.0 Å². The maximum Gasteiger partial charge on any atom is 0.251 e. The van der Waals surface area contributed by atoms with Crippen molar-refractivity contribution in [1.29, 1.82) is 0 Å². The van der Waals surface area contributed by atoms with Gasteiger partial charge in [-0.05, 0) is 57.2 Å². The molecule has 29 heavy (non-hydrogen) atoms. The number of hydrogen-bond acceptors (Lipinski definition) is 5. The zero-order chi connectivity index (χ0) is 21.2. The van der Waals surface area contributed by atoms with E-state index in [2.05, 4.69) is 10.0 Å². The molecule has 1 aliphatic rings. The Bertz CT molecular complexity index is 1000. The lowest BCUT2D eigenvalue weighted by Crippen LogP contribution is -2.41. The van der Waals surface area contributed by atoms with Crippen molar-refractivity contribution in [3.8, 4) is 11.5 Å². The lowest BCUT2D eigenvalue weighted by atomic mass is 9.89. The van der Waals surface area contributed by atoms with Crippen LogP contribution >= 0.6 is 0 Å². The molecule has 3 rings (SSSR count). The van der Waals surface area contributed by atoms with Crippen LogP contribution in [0.3, 0.4) is 0 Å². The first kappa shape index (κ1) is 21.0. The van der Waals surface area contributed by atoms with Crippen LogP contribution in [-0.2, 0) is 10.0 Å². The van der Waals surface area contributed by atoms with E-state index in [1.807, 2.05) is 32.0 Å². The van der Waals surface area contributed by atoms with E-state index < -0.39 is 15.6 Å². The summed E-state index contributed by atoms with van der Waals surface area (Å²) in [4.78, 5) is 12.8. The number of rotatable bonds is 6. The standard InChI is InChI=1S/C21H26N2O5S/c1-5-29(25,26)23-15-8-6-14(7-9-15)20(24)22-18-13-21(2,3)28-19-12-16(27-4)10-11-17(18)19/h6-12,18,23H,5,13H2,1-4H3,(H,22,24)/t18-/m0/s1. The molecule has 2 N–H and O–H groups in total. The highest BCUT2D eigenvalue weighted by Gasteiger charge is 2.35. The van der Waals surface area contributed by atoms with Gasteiger partial charge in [0.05, 0.1) is 18.9 Å². The summed E-state index contributed by atoms with van der Waals surface area (Å²) >= 11 is 0. The smallest absolute Gasteiger partial charge is 0.251 e. The molecule has 156 valence electrons. The van der Waals surface area contributed by atoms with E-state index in [9.17, 15) is 13.2 Å². The van der Waals surface area contributed by atoms with Crippen LogP contribution in [0, 0.1) is 0 Å². The van der Waals surface area contributed by atoms with Crippen molar-refractivity contribution in [2.45, 2.75) is 38.8 Å². The van der Waals surface area contributed by atoms with Gasteiger partial charge >= 0.3 is 0 Å². The molecule has 0 unspecified atom stereocenters. The van der Waals surface area contributed by atoms with Gasteiger partial charge in [-0.1, -0.05) is 0 Å². The average Bonchev–Trinajstić information content (AvgIpc) is 2.66. The topological polar surface area (TPSA) is 93.7 Å². The SMILES string of the molecule is CCS(=O)(=O)Nc1ccc(C(=O)N[C@H]2CC(C)(C)Oc3cc(OC)ccc32)cc1. The number of benzene rings is 2. The van der Waals surface area contributed by atoms with Crippen molar-refractivity contribution in [2.24, 2.45) is 0 Å². The lowest BCUT2D eigenvalue weighted by Gasteiger charge is -2.38. The number of ether oxygens (including phenoxy) is 2. The van der Waals surface area contributed by atoms with Gasteiger partial charge in [-0.2, -0.15) is 0 Å². The molecule has 1 heterocycles. The Balaban J connectivity index is 1.78. The molecule has 0 aliphatic carbocycles. The van der Waals surface area contributed by atoms with Crippen LogP contribution in [0.4, 0.5) is 5.69 Å². The minimum absolute atomic E-state index is 0.0149. The average molecular weight is 419 g/mol. The van der Waals surface area contributed by atoms with Crippen LogP contribution in [0.15, 0.2) is 42.5 Å². The van der Waals surface area contributed by atoms with E-state index in [1.165, 1.54) is 0 Å². The Morgan fingerprint density at radius 3 is 2.52 bits per heavy atom. The highest BCUT2D eigenvalue weighted by atomic mass is 32.2. The zero-order valence-electron chi connectivity index (χ0n) is 17.0. The number of sulfonamides is 1. The second-order valence-electron chi connectivity index (χ2n) is 7.58. The van der Waals surface area contributed by atoms with E-state index in [0.29, 0.717) is 29.2 Å². The number of hydrogen-bond donors (Lipinski definition) is 2. The number of methoxy groups -OCH3 is 1. The monoisotopic (exact) mass is 418 g/mol. The fourth-order valence-electron chi connectivity index (χ4n) is 3.27.